The third kappa shape index (κ3) is 5.09. The summed E-state index contributed by atoms with van der Waals surface area (Å²) in [6.45, 7) is 0. The Morgan fingerprint density at radius 1 is 0.944 bits per heavy atom. The van der Waals surface area contributed by atoms with Gasteiger partial charge in [-0.1, -0.05) is 0 Å². The lowest BCUT2D eigenvalue weighted by atomic mass is 10.2. The molecule has 36 heavy (non-hydrogen) atoms. The van der Waals surface area contributed by atoms with E-state index in [1.807, 2.05) is 0 Å². The van der Waals surface area contributed by atoms with E-state index in [9.17, 15) is 18.4 Å². The van der Waals surface area contributed by atoms with Crippen molar-refractivity contribution in [3.05, 3.63) is 78.5 Å². The third-order valence-corrected chi connectivity index (χ3v) is 5.08. The number of nitrogens with zero attached hydrogens (tertiary/aromatic N) is 2. The van der Waals surface area contributed by atoms with Crippen LogP contribution < -0.4 is 30.0 Å². The van der Waals surface area contributed by atoms with Crippen LogP contribution in [0.2, 0.25) is 0 Å². The molecular formula is C25H20F2N4O5. The minimum atomic E-state index is -1.03. The molecule has 0 aliphatic heterocycles. The number of hydrazine groups is 1. The van der Waals surface area contributed by atoms with Crippen LogP contribution in [0.25, 0.3) is 10.9 Å². The third-order valence-electron chi connectivity index (χ3n) is 5.08. The molecule has 0 radical (unpaired) electrons. The zero-order valence-corrected chi connectivity index (χ0v) is 19.1. The fraction of sp³-hybridized carbons (Fsp3) is 0.0800. The molecule has 11 heteroatoms. The number of nitrogens with one attached hydrogen (secondary N) is 2. The molecule has 0 spiro atoms. The van der Waals surface area contributed by atoms with Gasteiger partial charge in [-0.2, -0.15) is 5.01 Å². The van der Waals surface area contributed by atoms with Crippen LogP contribution in [0.15, 0.2) is 66.9 Å². The Balaban J connectivity index is 1.52. The van der Waals surface area contributed by atoms with Gasteiger partial charge in [-0.15, -0.1) is 0 Å². The lowest BCUT2D eigenvalue weighted by Crippen LogP contribution is -2.45. The van der Waals surface area contributed by atoms with Gasteiger partial charge in [0.1, 0.15) is 23.0 Å². The summed E-state index contributed by atoms with van der Waals surface area (Å²) in [5, 5.41) is 3.85. The standard InChI is InChI=1S/C25H20F2N4O5/c1-34-23-12-18-20(13-24(23)35-2)28-10-9-22(18)36-17-6-4-16(5-7-17)30-25(33)31(29-14-32)21-8-3-15(26)11-19(21)27/h3-14H,1-2H3,(H,29,32)(H,30,33). The van der Waals surface area contributed by atoms with Gasteiger partial charge in [0, 0.05) is 29.4 Å². The Kier molecular flexibility index (Phi) is 7.10. The van der Waals surface area contributed by atoms with Crippen molar-refractivity contribution in [3.63, 3.8) is 0 Å². The number of halogens is 2. The predicted molar refractivity (Wildman–Crippen MR) is 128 cm³/mol. The van der Waals surface area contributed by atoms with Crippen molar-refractivity contribution >= 4 is 34.7 Å². The lowest BCUT2D eigenvalue weighted by molar-refractivity contribution is -0.109. The second kappa shape index (κ2) is 10.6. The number of urea groups is 1. The summed E-state index contributed by atoms with van der Waals surface area (Å²) in [6, 6.07) is 13.2. The molecule has 1 heterocycles. The van der Waals surface area contributed by atoms with Gasteiger partial charge in [0.05, 0.1) is 19.7 Å². The quantitative estimate of drug-likeness (QED) is 0.263. The molecule has 4 aromatic rings. The number of methoxy groups -OCH3 is 2. The molecule has 0 bridgehead atoms. The summed E-state index contributed by atoms with van der Waals surface area (Å²) in [5.41, 5.74) is 2.73. The predicted octanol–water partition coefficient (Wildman–Crippen LogP) is 5.02. The van der Waals surface area contributed by atoms with Crippen LogP contribution in [-0.2, 0) is 4.79 Å². The van der Waals surface area contributed by atoms with Crippen molar-refractivity contribution in [3.8, 4) is 23.0 Å². The SMILES string of the molecule is COc1cc2nccc(Oc3ccc(NC(=O)N(NC=O)c4ccc(F)cc4F)cc3)c2cc1OC. The number of pyridine rings is 1. The Labute approximate surface area is 204 Å². The molecule has 184 valence electrons. The molecule has 0 saturated heterocycles. The van der Waals surface area contributed by atoms with E-state index in [-0.39, 0.29) is 12.1 Å². The van der Waals surface area contributed by atoms with E-state index in [0.29, 0.717) is 50.7 Å². The number of hydrogen-bond acceptors (Lipinski definition) is 6. The van der Waals surface area contributed by atoms with Crippen molar-refractivity contribution in [2.75, 3.05) is 24.5 Å². The number of hydrogen-bond donors (Lipinski definition) is 2. The first kappa shape index (κ1) is 24.2. The Morgan fingerprint density at radius 2 is 1.67 bits per heavy atom. The number of carbonyl (C=O) groups excluding carboxylic acids is 2. The lowest BCUT2D eigenvalue weighted by Gasteiger charge is -2.22. The van der Waals surface area contributed by atoms with Gasteiger partial charge in [-0.3, -0.25) is 15.2 Å². The first-order chi connectivity index (χ1) is 17.4. The first-order valence-corrected chi connectivity index (χ1v) is 10.5. The van der Waals surface area contributed by atoms with Crippen LogP contribution in [0.5, 0.6) is 23.0 Å². The van der Waals surface area contributed by atoms with E-state index in [0.717, 1.165) is 12.1 Å². The smallest absolute Gasteiger partial charge is 0.345 e. The number of ether oxygens (including phenoxy) is 3. The van der Waals surface area contributed by atoms with Crippen LogP contribution in [0.3, 0.4) is 0 Å². The maximum atomic E-state index is 14.1. The molecule has 3 amide bonds. The maximum Gasteiger partial charge on any atom is 0.345 e. The normalized spacial score (nSPS) is 10.4. The molecule has 0 atom stereocenters. The first-order valence-electron chi connectivity index (χ1n) is 10.5. The number of carbonyl (C=O) groups is 2. The van der Waals surface area contributed by atoms with E-state index in [2.05, 4.69) is 15.7 Å². The minimum Gasteiger partial charge on any atom is -0.493 e. The van der Waals surface area contributed by atoms with Gasteiger partial charge in [0.25, 0.3) is 0 Å². The van der Waals surface area contributed by atoms with E-state index in [4.69, 9.17) is 14.2 Å². The zero-order chi connectivity index (χ0) is 25.7. The molecule has 0 aliphatic rings. The Morgan fingerprint density at radius 3 is 2.33 bits per heavy atom. The van der Waals surface area contributed by atoms with Gasteiger partial charge in [0.2, 0.25) is 6.41 Å². The highest BCUT2D eigenvalue weighted by molar-refractivity contribution is 6.02. The molecule has 0 unspecified atom stereocenters. The molecule has 3 aromatic carbocycles. The second-order valence-corrected chi connectivity index (χ2v) is 7.27. The average molecular weight is 494 g/mol. The highest BCUT2D eigenvalue weighted by Crippen LogP contribution is 2.37. The van der Waals surface area contributed by atoms with Crippen molar-refractivity contribution < 1.29 is 32.6 Å². The van der Waals surface area contributed by atoms with Crippen molar-refractivity contribution in [2.45, 2.75) is 0 Å². The number of benzene rings is 3. The molecule has 4 rings (SSSR count). The van der Waals surface area contributed by atoms with Crippen molar-refractivity contribution in [1.29, 1.82) is 0 Å². The summed E-state index contributed by atoms with van der Waals surface area (Å²) in [5.74, 6) is 0.189. The molecule has 0 aliphatic carbocycles. The minimum absolute atomic E-state index is 0.197. The number of amides is 3. The van der Waals surface area contributed by atoms with Crippen molar-refractivity contribution in [2.24, 2.45) is 0 Å². The van der Waals surface area contributed by atoms with Crippen LogP contribution in [0.4, 0.5) is 25.0 Å². The maximum absolute atomic E-state index is 14.1. The Bertz CT molecular complexity index is 1420. The molecule has 9 nitrogen and oxygen atoms in total. The fourth-order valence-electron chi connectivity index (χ4n) is 3.40. The number of anilines is 2. The Hall–Kier alpha value is -4.93. The summed E-state index contributed by atoms with van der Waals surface area (Å²) < 4.78 is 44.0. The highest BCUT2D eigenvalue weighted by atomic mass is 19.1. The van der Waals surface area contributed by atoms with E-state index in [1.165, 1.54) is 14.2 Å². The monoisotopic (exact) mass is 494 g/mol. The molecule has 1 aromatic heterocycles. The summed E-state index contributed by atoms with van der Waals surface area (Å²) >= 11 is 0. The zero-order valence-electron chi connectivity index (χ0n) is 19.1. The molecule has 0 saturated carbocycles. The number of aromatic nitrogens is 1. The van der Waals surface area contributed by atoms with Gasteiger partial charge in [0.15, 0.2) is 17.3 Å². The van der Waals surface area contributed by atoms with Gasteiger partial charge < -0.3 is 19.5 Å². The fourth-order valence-corrected chi connectivity index (χ4v) is 3.40. The highest BCUT2D eigenvalue weighted by Gasteiger charge is 2.20. The van der Waals surface area contributed by atoms with Gasteiger partial charge in [-0.25, -0.2) is 13.6 Å². The number of rotatable bonds is 8. The van der Waals surface area contributed by atoms with Crippen molar-refractivity contribution in [1.82, 2.24) is 10.4 Å². The van der Waals surface area contributed by atoms with Crippen LogP contribution in [0.1, 0.15) is 0 Å². The largest absolute Gasteiger partial charge is 0.493 e. The van der Waals surface area contributed by atoms with Gasteiger partial charge >= 0.3 is 6.03 Å². The summed E-state index contributed by atoms with van der Waals surface area (Å²) in [6.07, 6.45) is 1.80. The molecule has 2 N–H and O–H groups in total. The van der Waals surface area contributed by atoms with E-state index in [1.54, 1.807) is 48.7 Å². The van der Waals surface area contributed by atoms with Crippen LogP contribution in [0, 0.1) is 11.6 Å². The number of fused-ring (bicyclic) bond motifs is 1. The second-order valence-electron chi connectivity index (χ2n) is 7.27. The van der Waals surface area contributed by atoms with Gasteiger partial charge in [-0.05, 0) is 48.5 Å². The van der Waals surface area contributed by atoms with Crippen LogP contribution >= 0.6 is 0 Å². The summed E-state index contributed by atoms with van der Waals surface area (Å²) in [4.78, 5) is 27.9. The van der Waals surface area contributed by atoms with E-state index < -0.39 is 17.7 Å². The van der Waals surface area contributed by atoms with Crippen LogP contribution in [-0.4, -0.2) is 31.6 Å². The molecule has 0 fully saturated rings. The summed E-state index contributed by atoms with van der Waals surface area (Å²) in [7, 11) is 3.07. The molecular weight excluding hydrogens is 474 g/mol. The topological polar surface area (TPSA) is 102 Å². The average Bonchev–Trinajstić information content (AvgIpc) is 2.88. The van der Waals surface area contributed by atoms with E-state index >= 15 is 0 Å².